The van der Waals surface area contributed by atoms with Gasteiger partial charge >= 0.3 is 0 Å². The Labute approximate surface area is 148 Å². The summed E-state index contributed by atoms with van der Waals surface area (Å²) in [5, 5.41) is 7.42. The maximum absolute atomic E-state index is 12.3. The van der Waals surface area contributed by atoms with Gasteiger partial charge in [0.25, 0.3) is 5.91 Å². The molecule has 0 radical (unpaired) electrons. The van der Waals surface area contributed by atoms with E-state index in [0.29, 0.717) is 6.04 Å². The molecule has 1 aromatic heterocycles. The predicted molar refractivity (Wildman–Crippen MR) is 99.2 cm³/mol. The van der Waals surface area contributed by atoms with E-state index in [4.69, 9.17) is 0 Å². The van der Waals surface area contributed by atoms with Gasteiger partial charge in [-0.05, 0) is 43.2 Å². The maximum Gasteiger partial charge on any atom is 0.278 e. The van der Waals surface area contributed by atoms with Crippen LogP contribution in [0.2, 0.25) is 0 Å². The van der Waals surface area contributed by atoms with Gasteiger partial charge in [-0.25, -0.2) is 0 Å². The number of aryl methyl sites for hydroxylation is 1. The minimum absolute atomic E-state index is 0.0898. The van der Waals surface area contributed by atoms with Crippen LogP contribution in [0.15, 0.2) is 41.8 Å². The zero-order valence-electron chi connectivity index (χ0n) is 14.5. The molecule has 24 heavy (non-hydrogen) atoms. The second kappa shape index (κ2) is 7.95. The first-order chi connectivity index (χ1) is 11.7. The van der Waals surface area contributed by atoms with E-state index in [9.17, 15) is 4.79 Å². The van der Waals surface area contributed by atoms with Crippen molar-refractivity contribution in [2.45, 2.75) is 57.7 Å². The van der Waals surface area contributed by atoms with Crippen molar-refractivity contribution in [3.05, 3.63) is 57.8 Å². The minimum Gasteiger partial charge on any atom is -0.348 e. The summed E-state index contributed by atoms with van der Waals surface area (Å²) < 4.78 is 0. The van der Waals surface area contributed by atoms with Crippen molar-refractivity contribution in [3.8, 4) is 0 Å². The predicted octanol–water partition coefficient (Wildman–Crippen LogP) is 3.02. The van der Waals surface area contributed by atoms with E-state index in [-0.39, 0.29) is 18.0 Å². The summed E-state index contributed by atoms with van der Waals surface area (Å²) in [6, 6.07) is 13.6. The highest BCUT2D eigenvalue weighted by atomic mass is 32.1. The van der Waals surface area contributed by atoms with Crippen molar-refractivity contribution in [1.82, 2.24) is 5.32 Å². The first-order valence-corrected chi connectivity index (χ1v) is 9.83. The largest absolute Gasteiger partial charge is 0.348 e. The first kappa shape index (κ1) is 17.2. The molecule has 1 amide bonds. The maximum atomic E-state index is 12.3. The topological polar surface area (TPSA) is 45.7 Å². The summed E-state index contributed by atoms with van der Waals surface area (Å²) in [6.07, 6.45) is 4.55. The van der Waals surface area contributed by atoms with Gasteiger partial charge in [0, 0.05) is 11.6 Å². The van der Waals surface area contributed by atoms with Crippen LogP contribution in [-0.2, 0) is 11.2 Å². The van der Waals surface area contributed by atoms with Gasteiger partial charge in [-0.2, -0.15) is 0 Å². The summed E-state index contributed by atoms with van der Waals surface area (Å²) in [4.78, 5) is 13.6. The summed E-state index contributed by atoms with van der Waals surface area (Å²) in [5.74, 6) is 0.154. The van der Waals surface area contributed by atoms with Crippen molar-refractivity contribution in [1.29, 1.82) is 0 Å². The van der Waals surface area contributed by atoms with Crippen molar-refractivity contribution in [2.75, 3.05) is 0 Å². The lowest BCUT2D eigenvalue weighted by molar-refractivity contribution is -0.704. The molecule has 1 aromatic carbocycles. The molecule has 0 spiro atoms. The van der Waals surface area contributed by atoms with E-state index in [2.05, 4.69) is 59.3 Å². The van der Waals surface area contributed by atoms with E-state index >= 15 is 0 Å². The molecule has 0 bridgehead atoms. The zero-order valence-corrected chi connectivity index (χ0v) is 15.3. The molecule has 3 nitrogen and oxygen atoms in total. The molecule has 128 valence electrons. The molecule has 4 heteroatoms. The fraction of sp³-hybridized carbons (Fsp3) is 0.450. The Morgan fingerprint density at radius 3 is 2.62 bits per heavy atom. The third-order valence-electron chi connectivity index (χ3n) is 4.55. The molecule has 3 N–H and O–H groups in total. The fourth-order valence-electron chi connectivity index (χ4n) is 2.96. The van der Waals surface area contributed by atoms with Crippen LogP contribution in [-0.4, -0.2) is 18.0 Å². The molecule has 2 aromatic rings. The van der Waals surface area contributed by atoms with E-state index in [1.165, 1.54) is 16.0 Å². The van der Waals surface area contributed by atoms with Crippen LogP contribution in [0.3, 0.4) is 0 Å². The Morgan fingerprint density at radius 2 is 2.04 bits per heavy atom. The highest BCUT2D eigenvalue weighted by Crippen LogP contribution is 2.24. The molecule has 2 atom stereocenters. The lowest BCUT2D eigenvalue weighted by atomic mass is 10.0. The van der Waals surface area contributed by atoms with Crippen LogP contribution in [0.25, 0.3) is 0 Å². The van der Waals surface area contributed by atoms with Crippen LogP contribution < -0.4 is 10.6 Å². The second-order valence-electron chi connectivity index (χ2n) is 6.75. The third kappa shape index (κ3) is 4.46. The van der Waals surface area contributed by atoms with Crippen LogP contribution in [0.4, 0.5) is 0 Å². The number of amides is 1. The van der Waals surface area contributed by atoms with Gasteiger partial charge in [0.15, 0.2) is 6.04 Å². The third-order valence-corrected chi connectivity index (χ3v) is 5.50. The molecule has 0 unspecified atom stereocenters. The summed E-state index contributed by atoms with van der Waals surface area (Å²) >= 11 is 1.76. The lowest BCUT2D eigenvalue weighted by Crippen LogP contribution is -2.92. The Hall–Kier alpha value is -1.65. The summed E-state index contributed by atoms with van der Waals surface area (Å²) in [6.45, 7) is 4.21. The number of hydrogen-bond acceptors (Lipinski definition) is 2. The molecular weight excluding hydrogens is 316 g/mol. The molecule has 0 saturated heterocycles. The highest BCUT2D eigenvalue weighted by Gasteiger charge is 2.29. The smallest absolute Gasteiger partial charge is 0.278 e. The Bertz CT molecular complexity index is 647. The quantitative estimate of drug-likeness (QED) is 0.760. The standard InChI is InChI=1S/C20H26N2OS/c1-3-5-15-7-9-16(10-8-15)19(18-6-4-13-24-18)21-14(2)20(23)22-17-11-12-17/h4,6-10,13-14,17,19,21H,3,5,11-12H2,1-2H3,(H,22,23)/p+1/t14-,19+/m0/s1. The molecule has 0 aliphatic heterocycles. The molecular formula is C20H27N2OS+. The normalized spacial score (nSPS) is 16.6. The number of benzene rings is 1. The van der Waals surface area contributed by atoms with Crippen molar-refractivity contribution < 1.29 is 10.1 Å². The van der Waals surface area contributed by atoms with Crippen molar-refractivity contribution >= 4 is 17.2 Å². The van der Waals surface area contributed by atoms with Crippen LogP contribution in [0, 0.1) is 0 Å². The number of nitrogens with two attached hydrogens (primary N) is 1. The number of rotatable bonds is 8. The zero-order chi connectivity index (χ0) is 16.9. The number of carbonyl (C=O) groups excluding carboxylic acids is 1. The average Bonchev–Trinajstić information content (AvgIpc) is 3.23. The molecule has 3 rings (SSSR count). The van der Waals surface area contributed by atoms with Gasteiger partial charge in [0.2, 0.25) is 0 Å². The van der Waals surface area contributed by atoms with Gasteiger partial charge in [0.1, 0.15) is 6.04 Å². The highest BCUT2D eigenvalue weighted by molar-refractivity contribution is 7.10. The monoisotopic (exact) mass is 343 g/mol. The van der Waals surface area contributed by atoms with Gasteiger partial charge in [-0.3, -0.25) is 4.79 Å². The average molecular weight is 344 g/mol. The Balaban J connectivity index is 1.74. The van der Waals surface area contributed by atoms with Crippen molar-refractivity contribution in [3.63, 3.8) is 0 Å². The molecule has 1 fully saturated rings. The van der Waals surface area contributed by atoms with Gasteiger partial charge < -0.3 is 10.6 Å². The van der Waals surface area contributed by atoms with Crippen molar-refractivity contribution in [2.24, 2.45) is 0 Å². The van der Waals surface area contributed by atoms with Gasteiger partial charge in [-0.1, -0.05) is 43.7 Å². The van der Waals surface area contributed by atoms with Crippen LogP contribution in [0.5, 0.6) is 0 Å². The lowest BCUT2D eigenvalue weighted by Gasteiger charge is -2.19. The number of carbonyl (C=O) groups is 1. The second-order valence-corrected chi connectivity index (χ2v) is 7.73. The number of hydrogen-bond donors (Lipinski definition) is 2. The van der Waals surface area contributed by atoms with E-state index < -0.39 is 0 Å². The number of nitrogens with one attached hydrogen (secondary N) is 1. The summed E-state index contributed by atoms with van der Waals surface area (Å²) in [5.41, 5.74) is 2.65. The SMILES string of the molecule is CCCc1ccc([C@@H]([NH2+][C@@H](C)C(=O)NC2CC2)c2cccs2)cc1. The summed E-state index contributed by atoms with van der Waals surface area (Å²) in [7, 11) is 0. The molecule has 1 saturated carbocycles. The van der Waals surface area contributed by atoms with Gasteiger partial charge in [0.05, 0.1) is 4.88 Å². The van der Waals surface area contributed by atoms with E-state index in [1.54, 1.807) is 11.3 Å². The fourth-order valence-corrected chi connectivity index (χ4v) is 3.79. The Morgan fingerprint density at radius 1 is 1.29 bits per heavy atom. The number of quaternary nitrogens is 1. The molecule has 1 aliphatic carbocycles. The van der Waals surface area contributed by atoms with Crippen LogP contribution >= 0.6 is 11.3 Å². The van der Waals surface area contributed by atoms with Crippen LogP contribution in [0.1, 0.15) is 55.2 Å². The van der Waals surface area contributed by atoms with E-state index in [0.717, 1.165) is 25.7 Å². The van der Waals surface area contributed by atoms with E-state index in [1.807, 2.05) is 6.92 Å². The minimum atomic E-state index is -0.0898. The first-order valence-electron chi connectivity index (χ1n) is 8.95. The molecule has 1 heterocycles. The van der Waals surface area contributed by atoms with Gasteiger partial charge in [-0.15, -0.1) is 11.3 Å². The molecule has 1 aliphatic rings. The Kier molecular flexibility index (Phi) is 5.69. The number of thiophene rings is 1.